The standard InChI is InChI=1S/C49H46Cl2N4O8/c1-26(2)47-54-45(29(5)62-47)48(57)55-23-35-22-43-42(61-25-44(63-43)33-11-13-36(14-12-33)60-24-31-8-15-38(50)39(51)18-31)21-34(35)20-41(55)46(56)53-40(49(58)59)19-30-6-9-32(10-7-30)37-16-17-52-28(4)27(37)3/h6-18,21-22,26,40-41,44H,19-20,23-25H2,1-5H3,(H,53,56)(H,58,59)/t40?,41-,44+/m0/s1. The molecular weight excluding hydrogens is 843 g/mol. The Kier molecular flexibility index (Phi) is 12.5. The van der Waals surface area contributed by atoms with Crippen molar-refractivity contribution >= 4 is 41.0 Å². The first-order valence-corrected chi connectivity index (χ1v) is 21.4. The van der Waals surface area contributed by atoms with Crippen LogP contribution >= 0.6 is 23.2 Å². The van der Waals surface area contributed by atoms with Crippen LogP contribution in [0.2, 0.25) is 10.0 Å². The van der Waals surface area contributed by atoms with E-state index in [1.807, 2.05) is 100 Å². The number of carbonyl (C=O) groups is 3. The molecule has 0 aliphatic carbocycles. The van der Waals surface area contributed by atoms with E-state index >= 15 is 0 Å². The van der Waals surface area contributed by atoms with Crippen molar-refractivity contribution in [2.45, 2.75) is 84.7 Å². The molecule has 0 saturated carbocycles. The molecule has 0 spiro atoms. The first kappa shape index (κ1) is 43.3. The summed E-state index contributed by atoms with van der Waals surface area (Å²) in [7, 11) is 0. The molecule has 4 aromatic carbocycles. The Bertz CT molecular complexity index is 2700. The Morgan fingerprint density at radius 3 is 2.33 bits per heavy atom. The number of aliphatic carboxylic acids is 1. The maximum absolute atomic E-state index is 14.4. The molecule has 2 aliphatic heterocycles. The quantitative estimate of drug-likeness (QED) is 0.122. The third-order valence-corrected chi connectivity index (χ3v) is 12.3. The number of aryl methyl sites for hydroxylation is 2. The SMILES string of the molecule is Cc1nccc(-c2ccc(CC(NC(=O)[C@@H]3Cc4cc5c(cc4CN3C(=O)c3nc(C(C)C)oc3C)O[C@@H](c3ccc(OCc4ccc(Cl)c(Cl)c4)cc3)CO5)C(=O)O)cc2)c1C. The monoisotopic (exact) mass is 888 g/mol. The Morgan fingerprint density at radius 1 is 0.905 bits per heavy atom. The Hall–Kier alpha value is -6.37. The minimum Gasteiger partial charge on any atom is -0.489 e. The van der Waals surface area contributed by atoms with Crippen LogP contribution in [0.3, 0.4) is 0 Å². The van der Waals surface area contributed by atoms with E-state index in [1.165, 1.54) is 4.90 Å². The zero-order chi connectivity index (χ0) is 44.5. The number of halogens is 2. The van der Waals surface area contributed by atoms with E-state index in [4.69, 9.17) is 41.8 Å². The summed E-state index contributed by atoms with van der Waals surface area (Å²) in [4.78, 5) is 51.7. The summed E-state index contributed by atoms with van der Waals surface area (Å²) in [6, 6.07) is 23.8. The van der Waals surface area contributed by atoms with Crippen LogP contribution in [0.15, 0.2) is 95.5 Å². The number of nitrogens with one attached hydrogen (secondary N) is 1. The fourth-order valence-corrected chi connectivity index (χ4v) is 8.13. The fraction of sp³-hybridized carbons (Fsp3) is 0.286. The number of hydrogen-bond acceptors (Lipinski definition) is 9. The number of rotatable bonds is 12. The number of hydrogen-bond donors (Lipinski definition) is 2. The van der Waals surface area contributed by atoms with Gasteiger partial charge in [0.2, 0.25) is 5.91 Å². The summed E-state index contributed by atoms with van der Waals surface area (Å²) >= 11 is 12.2. The summed E-state index contributed by atoms with van der Waals surface area (Å²) in [6.45, 7) is 10.0. The molecule has 12 nitrogen and oxygen atoms in total. The van der Waals surface area contributed by atoms with Crippen LogP contribution in [-0.2, 0) is 35.6 Å². The number of carboxylic acid groups (broad SMARTS) is 1. The van der Waals surface area contributed by atoms with Crippen molar-refractivity contribution in [1.82, 2.24) is 20.2 Å². The molecule has 0 saturated heterocycles. The van der Waals surface area contributed by atoms with E-state index in [1.54, 1.807) is 25.3 Å². The summed E-state index contributed by atoms with van der Waals surface area (Å²) in [5, 5.41) is 14.0. The molecule has 8 rings (SSSR count). The van der Waals surface area contributed by atoms with Crippen LogP contribution < -0.4 is 19.5 Å². The van der Waals surface area contributed by atoms with E-state index in [-0.39, 0.29) is 37.6 Å². The average molecular weight is 890 g/mol. The van der Waals surface area contributed by atoms with Gasteiger partial charge in [0.15, 0.2) is 29.2 Å². The molecule has 0 fully saturated rings. The predicted octanol–water partition coefficient (Wildman–Crippen LogP) is 9.56. The van der Waals surface area contributed by atoms with Gasteiger partial charge < -0.3 is 34.0 Å². The summed E-state index contributed by atoms with van der Waals surface area (Å²) in [5.41, 5.74) is 8.10. The molecule has 2 N–H and O–H groups in total. The number of fused-ring (bicyclic) bond motifs is 2. The second kappa shape index (κ2) is 18.2. The first-order chi connectivity index (χ1) is 30.2. The van der Waals surface area contributed by atoms with Crippen molar-refractivity contribution in [2.75, 3.05) is 6.61 Å². The molecule has 6 aromatic rings. The largest absolute Gasteiger partial charge is 0.489 e. The van der Waals surface area contributed by atoms with E-state index in [2.05, 4.69) is 15.3 Å². The highest BCUT2D eigenvalue weighted by Gasteiger charge is 2.40. The van der Waals surface area contributed by atoms with Crippen LogP contribution in [0.1, 0.15) is 87.1 Å². The maximum Gasteiger partial charge on any atom is 0.326 e. The lowest BCUT2D eigenvalue weighted by Gasteiger charge is -2.37. The van der Waals surface area contributed by atoms with Gasteiger partial charge in [-0.15, -0.1) is 0 Å². The third-order valence-electron chi connectivity index (χ3n) is 11.5. The van der Waals surface area contributed by atoms with Gasteiger partial charge in [-0.1, -0.05) is 79.5 Å². The van der Waals surface area contributed by atoms with Crippen LogP contribution in [0.4, 0.5) is 0 Å². The normalized spacial score (nSPS) is 16.0. The highest BCUT2D eigenvalue weighted by molar-refractivity contribution is 6.42. The summed E-state index contributed by atoms with van der Waals surface area (Å²) in [5.74, 6) is -0.00440. The van der Waals surface area contributed by atoms with Crippen molar-refractivity contribution in [3.8, 4) is 28.4 Å². The highest BCUT2D eigenvalue weighted by Crippen LogP contribution is 2.41. The molecule has 0 bridgehead atoms. The number of amides is 2. The van der Waals surface area contributed by atoms with Crippen molar-refractivity contribution in [1.29, 1.82) is 0 Å². The van der Waals surface area contributed by atoms with Crippen molar-refractivity contribution in [2.24, 2.45) is 0 Å². The van der Waals surface area contributed by atoms with Gasteiger partial charge in [-0.2, -0.15) is 0 Å². The van der Waals surface area contributed by atoms with Crippen LogP contribution in [-0.4, -0.2) is 56.4 Å². The van der Waals surface area contributed by atoms with E-state index in [0.717, 1.165) is 50.2 Å². The van der Waals surface area contributed by atoms with Gasteiger partial charge in [-0.05, 0) is 108 Å². The molecule has 2 aliphatic rings. The Labute approximate surface area is 375 Å². The van der Waals surface area contributed by atoms with Crippen LogP contribution in [0, 0.1) is 20.8 Å². The van der Waals surface area contributed by atoms with Gasteiger partial charge in [-0.25, -0.2) is 9.78 Å². The number of carbonyl (C=O) groups excluding carboxylic acids is 2. The average Bonchev–Trinajstić information content (AvgIpc) is 3.68. The fourth-order valence-electron chi connectivity index (χ4n) is 7.81. The van der Waals surface area contributed by atoms with E-state index in [9.17, 15) is 19.5 Å². The lowest BCUT2D eigenvalue weighted by Crippen LogP contribution is -2.56. The number of pyridine rings is 1. The first-order valence-electron chi connectivity index (χ1n) is 20.7. The number of nitrogens with zero attached hydrogens (tertiary/aromatic N) is 3. The third kappa shape index (κ3) is 9.38. The van der Waals surface area contributed by atoms with Gasteiger partial charge in [-0.3, -0.25) is 14.6 Å². The molecule has 0 radical (unpaired) electrons. The van der Waals surface area contributed by atoms with Gasteiger partial charge in [0.25, 0.3) is 5.91 Å². The van der Waals surface area contributed by atoms with Gasteiger partial charge in [0, 0.05) is 37.2 Å². The Balaban J connectivity index is 1.01. The highest BCUT2D eigenvalue weighted by atomic mass is 35.5. The summed E-state index contributed by atoms with van der Waals surface area (Å²) < 4.78 is 24.5. The van der Waals surface area contributed by atoms with Gasteiger partial charge in [0.05, 0.1) is 10.0 Å². The minimum atomic E-state index is -1.27. The van der Waals surface area contributed by atoms with Crippen molar-refractivity contribution < 1.29 is 38.1 Å². The molecule has 2 amide bonds. The van der Waals surface area contributed by atoms with Gasteiger partial charge >= 0.3 is 5.97 Å². The molecule has 3 atom stereocenters. The number of carboxylic acids is 1. The predicted molar refractivity (Wildman–Crippen MR) is 238 cm³/mol. The molecule has 14 heteroatoms. The molecule has 2 aromatic heterocycles. The second-order valence-corrected chi connectivity index (χ2v) is 17.0. The molecule has 63 heavy (non-hydrogen) atoms. The van der Waals surface area contributed by atoms with Crippen molar-refractivity contribution in [3.63, 3.8) is 0 Å². The topological polar surface area (TPSA) is 153 Å². The number of ether oxygens (including phenoxy) is 3. The zero-order valence-corrected chi connectivity index (χ0v) is 36.9. The molecule has 1 unspecified atom stereocenters. The Morgan fingerprint density at radius 2 is 1.63 bits per heavy atom. The molecular formula is C49H46Cl2N4O8. The van der Waals surface area contributed by atoms with Crippen molar-refractivity contribution in [3.05, 3.63) is 158 Å². The number of oxazole rings is 1. The van der Waals surface area contributed by atoms with Crippen LogP contribution in [0.5, 0.6) is 17.2 Å². The zero-order valence-electron chi connectivity index (χ0n) is 35.4. The second-order valence-electron chi connectivity index (χ2n) is 16.2. The van der Waals surface area contributed by atoms with Gasteiger partial charge in [0.1, 0.15) is 36.8 Å². The minimum absolute atomic E-state index is 0.0227. The number of benzene rings is 4. The van der Waals surface area contributed by atoms with Crippen LogP contribution in [0.25, 0.3) is 11.1 Å². The lowest BCUT2D eigenvalue weighted by atomic mass is 9.91. The smallest absolute Gasteiger partial charge is 0.326 e. The van der Waals surface area contributed by atoms with E-state index in [0.29, 0.717) is 45.6 Å². The molecule has 4 heterocycles. The van der Waals surface area contributed by atoms with E-state index < -0.39 is 36.0 Å². The molecule has 324 valence electrons. The number of aromatic nitrogens is 2. The lowest BCUT2D eigenvalue weighted by molar-refractivity contribution is -0.142. The maximum atomic E-state index is 14.4. The summed E-state index contributed by atoms with van der Waals surface area (Å²) in [6.07, 6.45) is 1.45.